The number of carbonyl (C=O) groups is 2. The van der Waals surface area contributed by atoms with Crippen molar-refractivity contribution in [2.75, 3.05) is 31.1 Å². The Balaban J connectivity index is 1.33. The zero-order valence-corrected chi connectivity index (χ0v) is 28.2. The molecule has 1 N–H and O–H groups in total. The van der Waals surface area contributed by atoms with Gasteiger partial charge >= 0.3 is 12.1 Å². The van der Waals surface area contributed by atoms with Crippen LogP contribution in [-0.4, -0.2) is 71.0 Å². The van der Waals surface area contributed by atoms with Crippen LogP contribution in [0.3, 0.4) is 0 Å². The summed E-state index contributed by atoms with van der Waals surface area (Å²) in [5.41, 5.74) is -0.522. The number of anilines is 1. The smallest absolute Gasteiger partial charge is 0.408 e. The summed E-state index contributed by atoms with van der Waals surface area (Å²) in [6.07, 6.45) is 3.34. The second-order valence-corrected chi connectivity index (χ2v) is 13.9. The van der Waals surface area contributed by atoms with Crippen molar-refractivity contribution in [2.24, 2.45) is 11.8 Å². The number of ether oxygens (including phenoxy) is 2. The van der Waals surface area contributed by atoms with Crippen LogP contribution in [0.5, 0.6) is 5.75 Å². The molecule has 12 heteroatoms. The van der Waals surface area contributed by atoms with Crippen LogP contribution in [0.4, 0.5) is 15.2 Å². The summed E-state index contributed by atoms with van der Waals surface area (Å²) in [4.78, 5) is 34.5. The quantitative estimate of drug-likeness (QED) is 0.306. The molecule has 2 aliphatic heterocycles. The van der Waals surface area contributed by atoms with E-state index in [-0.39, 0.29) is 11.5 Å². The highest BCUT2D eigenvalue weighted by Gasteiger charge is 2.38. The van der Waals surface area contributed by atoms with Gasteiger partial charge in [-0.05, 0) is 76.3 Å². The first-order chi connectivity index (χ1) is 21.8. The number of halogens is 1. The molecule has 2 fully saturated rings. The number of likely N-dealkylation sites (tertiary alicyclic amines) is 1. The fourth-order valence-corrected chi connectivity index (χ4v) is 6.17. The van der Waals surface area contributed by atoms with E-state index in [1.54, 1.807) is 39.8 Å². The Morgan fingerprint density at radius 1 is 1.15 bits per heavy atom. The van der Waals surface area contributed by atoms with E-state index in [0.29, 0.717) is 49.6 Å². The van der Waals surface area contributed by atoms with E-state index >= 15 is 4.39 Å². The minimum absolute atomic E-state index is 0.225. The lowest BCUT2D eigenvalue weighted by atomic mass is 9.84. The maximum absolute atomic E-state index is 15.5. The van der Waals surface area contributed by atoms with Crippen molar-refractivity contribution in [2.45, 2.75) is 110 Å². The molecule has 0 aliphatic carbocycles. The molecule has 0 radical (unpaired) electrons. The molecule has 0 saturated carbocycles. The van der Waals surface area contributed by atoms with Crippen LogP contribution in [-0.2, 0) is 9.53 Å². The largest absolute Gasteiger partial charge is 0.493 e. The van der Waals surface area contributed by atoms with E-state index in [2.05, 4.69) is 33.4 Å². The first-order valence-electron chi connectivity index (χ1n) is 16.5. The van der Waals surface area contributed by atoms with Gasteiger partial charge in [0.05, 0.1) is 12.7 Å². The van der Waals surface area contributed by atoms with Crippen molar-refractivity contribution >= 4 is 18.0 Å². The van der Waals surface area contributed by atoms with Crippen molar-refractivity contribution < 1.29 is 28.0 Å². The lowest BCUT2D eigenvalue weighted by molar-refractivity contribution is -0.134. The van der Waals surface area contributed by atoms with Crippen LogP contribution in [0.15, 0.2) is 22.7 Å². The number of carbonyl (C=O) groups excluding carboxylic acids is 2. The first kappa shape index (κ1) is 35.0. The highest BCUT2D eigenvalue weighted by Crippen LogP contribution is 2.31. The van der Waals surface area contributed by atoms with Crippen LogP contribution < -0.4 is 15.0 Å². The van der Waals surface area contributed by atoms with Gasteiger partial charge in [0.25, 0.3) is 0 Å². The molecule has 11 nitrogen and oxygen atoms in total. The van der Waals surface area contributed by atoms with Gasteiger partial charge in [-0.15, -0.1) is 0 Å². The van der Waals surface area contributed by atoms with Gasteiger partial charge in [-0.1, -0.05) is 38.9 Å². The molecule has 2 saturated heterocycles. The second kappa shape index (κ2) is 15.1. The Labute approximate surface area is 271 Å². The Bertz CT molecular complexity index is 1380. The molecule has 252 valence electrons. The summed E-state index contributed by atoms with van der Waals surface area (Å²) in [5, 5.41) is 16.3. The minimum atomic E-state index is -1.12. The number of hydrogen-bond donors (Lipinski definition) is 1. The maximum Gasteiger partial charge on any atom is 0.408 e. The normalized spacial score (nSPS) is 19.4. The lowest BCUT2D eigenvalue weighted by Gasteiger charge is -2.33. The standard InChI is InChI=1S/C34H49FN6O5/c1-21(2)30-38-32(46-39-30)40-16-12-24(13-17-40)22(3)14-18-44-26-10-11-27(28(35)19-26)23(4)29(37-33(43)45-34(5,6)7)31(42)41-15-8-9-25(41)20-36/h10-11,19,21-25,29H,8-9,12-18H2,1-7H3,(H,37,43)/t22?,23-,25?,29-/m0/s1. The van der Waals surface area contributed by atoms with Crippen LogP contribution in [0, 0.1) is 29.0 Å². The molecule has 2 amide bonds. The van der Waals surface area contributed by atoms with E-state index in [0.717, 1.165) is 38.2 Å². The fourth-order valence-electron chi connectivity index (χ4n) is 6.17. The predicted octanol–water partition coefficient (Wildman–Crippen LogP) is 6.17. The molecule has 0 spiro atoms. The van der Waals surface area contributed by atoms with Crippen molar-refractivity contribution in [3.05, 3.63) is 35.4 Å². The molecule has 1 aromatic carbocycles. The number of nitrogens with one attached hydrogen (secondary N) is 1. The molecular formula is C34H49FN6O5. The van der Waals surface area contributed by atoms with Gasteiger partial charge < -0.3 is 29.1 Å². The van der Waals surface area contributed by atoms with Crippen molar-refractivity contribution in [3.63, 3.8) is 0 Å². The van der Waals surface area contributed by atoms with E-state index in [9.17, 15) is 14.9 Å². The number of amides is 2. The summed E-state index contributed by atoms with van der Waals surface area (Å²) >= 11 is 0. The van der Waals surface area contributed by atoms with Crippen molar-refractivity contribution in [1.29, 1.82) is 5.26 Å². The van der Waals surface area contributed by atoms with Gasteiger partial charge in [0, 0.05) is 37.5 Å². The molecule has 3 heterocycles. The molecule has 2 aromatic rings. The predicted molar refractivity (Wildman–Crippen MR) is 171 cm³/mol. The van der Waals surface area contributed by atoms with Crippen molar-refractivity contribution in [1.82, 2.24) is 20.4 Å². The molecule has 4 rings (SSSR count). The van der Waals surface area contributed by atoms with E-state index in [1.807, 2.05) is 13.8 Å². The number of hydrogen-bond acceptors (Lipinski definition) is 9. The Kier molecular flexibility index (Phi) is 11.5. The number of alkyl carbamates (subject to hydrolysis) is 1. The third-order valence-electron chi connectivity index (χ3n) is 8.99. The van der Waals surface area contributed by atoms with Crippen LogP contribution in [0.25, 0.3) is 0 Å². The third-order valence-corrected chi connectivity index (χ3v) is 8.99. The van der Waals surface area contributed by atoms with Gasteiger partial charge in [0.15, 0.2) is 5.82 Å². The summed E-state index contributed by atoms with van der Waals surface area (Å²) in [7, 11) is 0. The zero-order chi connectivity index (χ0) is 33.6. The molecule has 46 heavy (non-hydrogen) atoms. The highest BCUT2D eigenvalue weighted by atomic mass is 19.1. The van der Waals surface area contributed by atoms with Crippen LogP contribution >= 0.6 is 0 Å². The highest BCUT2D eigenvalue weighted by molar-refractivity contribution is 5.87. The molecular weight excluding hydrogens is 591 g/mol. The van der Waals surface area contributed by atoms with Gasteiger partial charge in [-0.3, -0.25) is 4.79 Å². The first-order valence-corrected chi connectivity index (χ1v) is 16.5. The Morgan fingerprint density at radius 3 is 2.48 bits per heavy atom. The Hall–Kier alpha value is -3.88. The third kappa shape index (κ3) is 8.89. The molecule has 4 atom stereocenters. The van der Waals surface area contributed by atoms with E-state index in [4.69, 9.17) is 14.0 Å². The number of benzene rings is 1. The summed E-state index contributed by atoms with van der Waals surface area (Å²) in [6, 6.07) is 5.67. The van der Waals surface area contributed by atoms with Gasteiger partial charge in [-0.25, -0.2) is 9.18 Å². The maximum atomic E-state index is 15.5. The number of nitriles is 1. The van der Waals surface area contributed by atoms with Gasteiger partial charge in [0.2, 0.25) is 5.91 Å². The number of nitrogens with zero attached hydrogens (tertiary/aromatic N) is 5. The fraction of sp³-hybridized carbons (Fsp3) is 0.676. The average Bonchev–Trinajstić information content (AvgIpc) is 3.69. The van der Waals surface area contributed by atoms with Gasteiger partial charge in [0.1, 0.15) is 29.3 Å². The molecule has 1 aromatic heterocycles. The van der Waals surface area contributed by atoms with Gasteiger partial charge in [-0.2, -0.15) is 10.2 Å². The number of aromatic nitrogens is 2. The number of rotatable bonds is 11. The lowest BCUT2D eigenvalue weighted by Crippen LogP contribution is -2.53. The van der Waals surface area contributed by atoms with Crippen LogP contribution in [0.1, 0.15) is 104 Å². The topological polar surface area (TPSA) is 134 Å². The Morgan fingerprint density at radius 2 is 1.87 bits per heavy atom. The average molecular weight is 641 g/mol. The van der Waals surface area contributed by atoms with Crippen molar-refractivity contribution in [3.8, 4) is 11.8 Å². The minimum Gasteiger partial charge on any atom is -0.493 e. The van der Waals surface area contributed by atoms with E-state index < -0.39 is 41.4 Å². The van der Waals surface area contributed by atoms with Crippen LogP contribution in [0.2, 0.25) is 0 Å². The molecule has 2 unspecified atom stereocenters. The molecule has 0 bridgehead atoms. The monoisotopic (exact) mass is 640 g/mol. The SMILES string of the molecule is CC(C)c1noc(N2CCC(C(C)CCOc3ccc([C@H](C)[C@H](NC(=O)OC(C)(C)C)C(=O)N4CCCC4C#N)c(F)c3)CC2)n1. The zero-order valence-electron chi connectivity index (χ0n) is 28.2. The summed E-state index contributed by atoms with van der Waals surface area (Å²) < 4.78 is 32.3. The summed E-state index contributed by atoms with van der Waals surface area (Å²) in [6.45, 7) is 15.7. The number of piperidine rings is 1. The van der Waals surface area contributed by atoms with E-state index in [1.165, 1.54) is 11.0 Å². The second-order valence-electron chi connectivity index (χ2n) is 13.9. The molecule has 2 aliphatic rings. The summed E-state index contributed by atoms with van der Waals surface area (Å²) in [5.74, 6) is 0.619.